The summed E-state index contributed by atoms with van der Waals surface area (Å²) >= 11 is 5.18. The highest BCUT2D eigenvalue weighted by Crippen LogP contribution is 2.18. The highest BCUT2D eigenvalue weighted by molar-refractivity contribution is 7.80. The van der Waals surface area contributed by atoms with Gasteiger partial charge >= 0.3 is 0 Å². The Hall–Kier alpha value is -2.51. The Bertz CT molecular complexity index is 835. The van der Waals surface area contributed by atoms with E-state index in [9.17, 15) is 9.18 Å². The second-order valence-electron chi connectivity index (χ2n) is 7.30. The number of hydrogen-bond acceptors (Lipinski definition) is 3. The maximum Gasteiger partial charge on any atom is 0.226 e. The molecule has 0 unspecified atom stereocenters. The number of benzene rings is 2. The summed E-state index contributed by atoms with van der Waals surface area (Å²) in [7, 11) is 0. The monoisotopic (exact) mass is 415 g/mol. The van der Waals surface area contributed by atoms with Crippen LogP contribution in [0.15, 0.2) is 48.5 Å². The Morgan fingerprint density at radius 3 is 2.48 bits per heavy atom. The van der Waals surface area contributed by atoms with E-state index in [0.29, 0.717) is 11.5 Å². The summed E-state index contributed by atoms with van der Waals surface area (Å²) < 4.78 is 13.9. The number of nitrogens with one attached hydrogen (secondary N) is 3. The lowest BCUT2D eigenvalue weighted by Crippen LogP contribution is -3.13. The van der Waals surface area contributed by atoms with Gasteiger partial charge in [0.15, 0.2) is 5.11 Å². The van der Waals surface area contributed by atoms with Crippen LogP contribution in [0.1, 0.15) is 25.3 Å². The maximum absolute atomic E-state index is 13.9. The van der Waals surface area contributed by atoms with Gasteiger partial charge in [0.25, 0.3) is 0 Å². The molecule has 3 rings (SSSR count). The number of quaternary nitrogens is 1. The SMILES string of the molecule is CCCC(=O)NC(=S)Nc1ccc(N2CC[NH+](Cc3ccccc3F)CC2)cc1. The number of amides is 1. The third-order valence-electron chi connectivity index (χ3n) is 5.09. The van der Waals surface area contributed by atoms with Crippen LogP contribution in [0.4, 0.5) is 15.8 Å². The van der Waals surface area contributed by atoms with Gasteiger partial charge in [-0.05, 0) is 49.0 Å². The fraction of sp³-hybridized carbons (Fsp3) is 0.364. The van der Waals surface area contributed by atoms with Crippen LogP contribution in [-0.2, 0) is 11.3 Å². The number of carbonyl (C=O) groups is 1. The van der Waals surface area contributed by atoms with Gasteiger partial charge in [-0.2, -0.15) is 0 Å². The van der Waals surface area contributed by atoms with Crippen molar-refractivity contribution in [2.45, 2.75) is 26.3 Å². The lowest BCUT2D eigenvalue weighted by molar-refractivity contribution is -0.914. The molecule has 0 atom stereocenters. The van der Waals surface area contributed by atoms with Gasteiger partial charge in [0.1, 0.15) is 12.4 Å². The summed E-state index contributed by atoms with van der Waals surface area (Å²) in [5, 5.41) is 6.04. The molecule has 0 radical (unpaired) electrons. The number of halogens is 1. The fourth-order valence-corrected chi connectivity index (χ4v) is 3.73. The zero-order valence-corrected chi connectivity index (χ0v) is 17.5. The van der Waals surface area contributed by atoms with Crippen molar-refractivity contribution in [2.75, 3.05) is 36.4 Å². The number of nitrogens with zero attached hydrogens (tertiary/aromatic N) is 1. The Morgan fingerprint density at radius 1 is 1.14 bits per heavy atom. The highest BCUT2D eigenvalue weighted by Gasteiger charge is 2.21. The van der Waals surface area contributed by atoms with E-state index in [-0.39, 0.29) is 11.7 Å². The van der Waals surface area contributed by atoms with Crippen molar-refractivity contribution >= 4 is 34.6 Å². The molecule has 1 aliphatic rings. The number of piperazine rings is 1. The predicted molar refractivity (Wildman–Crippen MR) is 119 cm³/mol. The minimum absolute atomic E-state index is 0.0719. The van der Waals surface area contributed by atoms with Gasteiger partial charge in [-0.15, -0.1) is 0 Å². The number of thiocarbonyl (C=S) groups is 1. The molecule has 1 saturated heterocycles. The average Bonchev–Trinajstić information content (AvgIpc) is 2.71. The molecule has 1 fully saturated rings. The summed E-state index contributed by atoms with van der Waals surface area (Å²) in [6.45, 7) is 6.49. The normalized spacial score (nSPS) is 14.5. The molecule has 154 valence electrons. The van der Waals surface area contributed by atoms with Gasteiger partial charge in [0, 0.05) is 23.4 Å². The van der Waals surface area contributed by atoms with E-state index in [1.807, 2.05) is 31.2 Å². The van der Waals surface area contributed by atoms with Gasteiger partial charge in [-0.1, -0.05) is 25.1 Å². The fourth-order valence-electron chi connectivity index (χ4n) is 3.50. The van der Waals surface area contributed by atoms with Crippen molar-refractivity contribution in [2.24, 2.45) is 0 Å². The van der Waals surface area contributed by atoms with Gasteiger partial charge in [0.05, 0.1) is 26.2 Å². The number of rotatable bonds is 6. The van der Waals surface area contributed by atoms with Crippen molar-refractivity contribution in [3.8, 4) is 0 Å². The highest BCUT2D eigenvalue weighted by atomic mass is 32.1. The van der Waals surface area contributed by atoms with E-state index >= 15 is 0 Å². The third-order valence-corrected chi connectivity index (χ3v) is 5.29. The van der Waals surface area contributed by atoms with Crippen LogP contribution in [0.3, 0.4) is 0 Å². The molecule has 3 N–H and O–H groups in total. The van der Waals surface area contributed by atoms with Crippen LogP contribution in [0.5, 0.6) is 0 Å². The second kappa shape index (κ2) is 10.3. The van der Waals surface area contributed by atoms with E-state index in [4.69, 9.17) is 12.2 Å². The summed E-state index contributed by atoms with van der Waals surface area (Å²) in [4.78, 5) is 15.3. The predicted octanol–water partition coefficient (Wildman–Crippen LogP) is 2.34. The lowest BCUT2D eigenvalue weighted by atomic mass is 10.1. The molecule has 1 heterocycles. The maximum atomic E-state index is 13.9. The second-order valence-corrected chi connectivity index (χ2v) is 7.71. The summed E-state index contributed by atoms with van der Waals surface area (Å²) in [5.74, 6) is -0.188. The molecule has 29 heavy (non-hydrogen) atoms. The van der Waals surface area contributed by atoms with E-state index in [1.165, 1.54) is 11.0 Å². The molecular weight excluding hydrogens is 387 g/mol. The molecule has 0 aromatic heterocycles. The van der Waals surface area contributed by atoms with E-state index < -0.39 is 0 Å². The van der Waals surface area contributed by atoms with Crippen LogP contribution in [0, 0.1) is 5.82 Å². The van der Waals surface area contributed by atoms with Crippen LogP contribution >= 0.6 is 12.2 Å². The molecule has 1 amide bonds. The molecule has 7 heteroatoms. The van der Waals surface area contributed by atoms with E-state index in [1.54, 1.807) is 6.07 Å². The Balaban J connectivity index is 1.48. The zero-order valence-electron chi connectivity index (χ0n) is 16.7. The van der Waals surface area contributed by atoms with Crippen LogP contribution < -0.4 is 20.4 Å². The van der Waals surface area contributed by atoms with Crippen molar-refractivity contribution in [1.82, 2.24) is 5.32 Å². The van der Waals surface area contributed by atoms with Gasteiger partial charge < -0.3 is 20.4 Å². The molecule has 0 aliphatic carbocycles. The first-order valence-electron chi connectivity index (χ1n) is 10.1. The molecule has 2 aromatic carbocycles. The Labute approximate surface area is 176 Å². The Kier molecular flexibility index (Phi) is 7.55. The van der Waals surface area contributed by atoms with Gasteiger partial charge in [0.2, 0.25) is 5.91 Å². The van der Waals surface area contributed by atoms with Gasteiger partial charge in [-0.25, -0.2) is 4.39 Å². The summed E-state index contributed by atoms with van der Waals surface area (Å²) in [5.41, 5.74) is 2.79. The molecule has 0 bridgehead atoms. The van der Waals surface area contributed by atoms with Crippen LogP contribution in [-0.4, -0.2) is 37.2 Å². The number of hydrogen-bond donors (Lipinski definition) is 3. The molecule has 1 aliphatic heterocycles. The molecule has 2 aromatic rings. The molecular formula is C22H28FN4OS+. The molecule has 5 nitrogen and oxygen atoms in total. The van der Waals surface area contributed by atoms with Crippen LogP contribution in [0.25, 0.3) is 0 Å². The summed E-state index contributed by atoms with van der Waals surface area (Å²) in [6, 6.07) is 15.1. The van der Waals surface area contributed by atoms with Crippen molar-refractivity contribution in [3.63, 3.8) is 0 Å². The zero-order chi connectivity index (χ0) is 20.6. The minimum Gasteiger partial charge on any atom is -0.360 e. The first-order valence-corrected chi connectivity index (χ1v) is 10.5. The van der Waals surface area contributed by atoms with Crippen molar-refractivity contribution in [3.05, 3.63) is 59.9 Å². The van der Waals surface area contributed by atoms with Crippen molar-refractivity contribution < 1.29 is 14.1 Å². The molecule has 0 saturated carbocycles. The van der Waals surface area contributed by atoms with E-state index in [0.717, 1.165) is 56.1 Å². The first-order chi connectivity index (χ1) is 14.0. The third kappa shape index (κ3) is 6.24. The average molecular weight is 416 g/mol. The molecule has 0 spiro atoms. The topological polar surface area (TPSA) is 48.8 Å². The largest absolute Gasteiger partial charge is 0.360 e. The lowest BCUT2D eigenvalue weighted by Gasteiger charge is -2.33. The smallest absolute Gasteiger partial charge is 0.226 e. The quantitative estimate of drug-likeness (QED) is 0.634. The van der Waals surface area contributed by atoms with Gasteiger partial charge in [-0.3, -0.25) is 4.79 Å². The van der Waals surface area contributed by atoms with Crippen molar-refractivity contribution in [1.29, 1.82) is 0 Å². The standard InChI is InChI=1S/C22H27FN4OS/c1-2-5-21(28)25-22(29)24-18-8-10-19(11-9-18)27-14-12-26(13-15-27)16-17-6-3-4-7-20(17)23/h3-4,6-11H,2,5,12-16H2,1H3,(H2,24,25,28,29)/p+1. The first kappa shape index (κ1) is 21.2. The van der Waals surface area contributed by atoms with Crippen LogP contribution in [0.2, 0.25) is 0 Å². The van der Waals surface area contributed by atoms with E-state index in [2.05, 4.69) is 27.7 Å². The number of carbonyl (C=O) groups excluding carboxylic acids is 1. The minimum atomic E-state index is -0.116. The Morgan fingerprint density at radius 2 is 1.83 bits per heavy atom. The summed E-state index contributed by atoms with van der Waals surface area (Å²) in [6.07, 6.45) is 1.25. The number of anilines is 2.